The molecule has 4 rings (SSSR count). The van der Waals surface area contributed by atoms with Gasteiger partial charge in [0.25, 0.3) is 17.7 Å². The van der Waals surface area contributed by atoms with E-state index in [0.29, 0.717) is 5.02 Å². The van der Waals surface area contributed by atoms with Gasteiger partial charge in [0.1, 0.15) is 17.3 Å². The van der Waals surface area contributed by atoms with Crippen LogP contribution in [0.2, 0.25) is 10.0 Å². The Labute approximate surface area is 255 Å². The SMILES string of the molecule is C=C(CCNC(=O)COc1ccc(Cl)c(F)c1)NC(=O)C1CN(C(=O)c2ccc(S(=O)(=O)F)cc2)c2cc(Cl)ccc2O1. The molecule has 0 saturated carbocycles. The van der Waals surface area contributed by atoms with Gasteiger partial charge in [-0.15, -0.1) is 3.89 Å². The number of amides is 3. The number of rotatable bonds is 10. The lowest BCUT2D eigenvalue weighted by Gasteiger charge is -2.34. The van der Waals surface area contributed by atoms with Crippen LogP contribution < -0.4 is 25.0 Å². The minimum atomic E-state index is -4.95. The molecule has 3 aromatic rings. The predicted octanol–water partition coefficient (Wildman–Crippen LogP) is 4.41. The number of carbonyl (C=O) groups is 3. The quantitative estimate of drug-likeness (QED) is 0.310. The minimum Gasteiger partial charge on any atom is -0.484 e. The minimum absolute atomic E-state index is 0.0321. The van der Waals surface area contributed by atoms with E-state index in [1.807, 2.05) is 0 Å². The summed E-state index contributed by atoms with van der Waals surface area (Å²) in [5.74, 6) is -2.10. The average molecular weight is 654 g/mol. The molecule has 1 aliphatic rings. The van der Waals surface area contributed by atoms with Crippen molar-refractivity contribution in [2.45, 2.75) is 17.4 Å². The Morgan fingerprint density at radius 1 is 1.07 bits per heavy atom. The maximum absolute atomic E-state index is 13.5. The van der Waals surface area contributed by atoms with Gasteiger partial charge in [-0.1, -0.05) is 29.8 Å². The second-order valence-corrected chi connectivity index (χ2v) is 11.3. The first-order chi connectivity index (χ1) is 20.3. The number of anilines is 1. The standard InChI is InChI=1S/C28H23Cl2F2N3O7S/c1-16(10-11-33-26(36)15-41-19-5-8-21(30)22(31)13-19)34-27(37)25-14-35(23-12-18(29)4-9-24(23)42-25)28(38)17-2-6-20(7-3-17)43(32,39)40/h2-9,12-13,25H,1,10-11,14-15H2,(H,33,36)(H,34,37). The molecule has 2 N–H and O–H groups in total. The summed E-state index contributed by atoms with van der Waals surface area (Å²) in [4.78, 5) is 39.1. The highest BCUT2D eigenvalue weighted by Crippen LogP contribution is 2.37. The van der Waals surface area contributed by atoms with Crippen LogP contribution in [-0.2, 0) is 19.8 Å². The molecule has 0 fully saturated rings. The fraction of sp³-hybridized carbons (Fsp3) is 0.179. The Hall–Kier alpha value is -4.20. The van der Waals surface area contributed by atoms with Gasteiger partial charge >= 0.3 is 10.2 Å². The van der Waals surface area contributed by atoms with Gasteiger partial charge in [0, 0.05) is 35.3 Å². The van der Waals surface area contributed by atoms with Gasteiger partial charge in [-0.25, -0.2) is 4.39 Å². The second-order valence-electron chi connectivity index (χ2n) is 9.15. The van der Waals surface area contributed by atoms with Crippen molar-refractivity contribution in [2.75, 3.05) is 24.6 Å². The molecule has 0 aromatic heterocycles. The Kier molecular flexibility index (Phi) is 9.89. The Morgan fingerprint density at radius 3 is 2.47 bits per heavy atom. The summed E-state index contributed by atoms with van der Waals surface area (Å²) in [5, 5.41) is 5.39. The van der Waals surface area contributed by atoms with E-state index in [1.54, 1.807) is 0 Å². The van der Waals surface area contributed by atoms with Crippen molar-refractivity contribution in [3.05, 3.63) is 94.4 Å². The number of ether oxygens (including phenoxy) is 2. The first-order valence-corrected chi connectivity index (χ1v) is 14.6. The van der Waals surface area contributed by atoms with Crippen LogP contribution in [0.25, 0.3) is 0 Å². The molecule has 0 spiro atoms. The number of carbonyl (C=O) groups excluding carboxylic acids is 3. The van der Waals surface area contributed by atoms with Crippen LogP contribution in [0.3, 0.4) is 0 Å². The molecule has 15 heteroatoms. The van der Waals surface area contributed by atoms with Crippen molar-refractivity contribution in [3.63, 3.8) is 0 Å². The van der Waals surface area contributed by atoms with Gasteiger partial charge in [-0.2, -0.15) is 8.42 Å². The highest BCUT2D eigenvalue weighted by molar-refractivity contribution is 7.86. The summed E-state index contributed by atoms with van der Waals surface area (Å²) in [7, 11) is -4.95. The van der Waals surface area contributed by atoms with Gasteiger partial charge < -0.3 is 25.0 Å². The van der Waals surface area contributed by atoms with Crippen molar-refractivity contribution in [3.8, 4) is 11.5 Å². The van der Waals surface area contributed by atoms with Gasteiger partial charge in [0.15, 0.2) is 12.7 Å². The summed E-state index contributed by atoms with van der Waals surface area (Å²) >= 11 is 11.7. The van der Waals surface area contributed by atoms with Crippen LogP contribution in [0.5, 0.6) is 11.5 Å². The molecule has 43 heavy (non-hydrogen) atoms. The fourth-order valence-corrected chi connectivity index (χ4v) is 4.68. The van der Waals surface area contributed by atoms with Gasteiger partial charge in [-0.3, -0.25) is 14.4 Å². The molecule has 0 aliphatic carbocycles. The lowest BCUT2D eigenvalue weighted by atomic mass is 10.1. The van der Waals surface area contributed by atoms with Crippen molar-refractivity contribution < 1.29 is 40.6 Å². The van der Waals surface area contributed by atoms with Crippen molar-refractivity contribution >= 4 is 56.8 Å². The van der Waals surface area contributed by atoms with Gasteiger partial charge in [0.05, 0.1) is 22.2 Å². The zero-order chi connectivity index (χ0) is 31.3. The van der Waals surface area contributed by atoms with Crippen molar-refractivity contribution in [1.29, 1.82) is 0 Å². The molecular weight excluding hydrogens is 631 g/mol. The lowest BCUT2D eigenvalue weighted by Crippen LogP contribution is -2.50. The maximum atomic E-state index is 13.5. The molecule has 1 unspecified atom stereocenters. The highest BCUT2D eigenvalue weighted by atomic mass is 35.5. The largest absolute Gasteiger partial charge is 0.484 e. The molecule has 1 atom stereocenters. The Balaban J connectivity index is 1.34. The number of nitrogens with one attached hydrogen (secondary N) is 2. The number of benzene rings is 3. The summed E-state index contributed by atoms with van der Waals surface area (Å²) in [5.41, 5.74) is 0.552. The van der Waals surface area contributed by atoms with E-state index in [2.05, 4.69) is 17.2 Å². The van der Waals surface area contributed by atoms with Crippen molar-refractivity contribution in [1.82, 2.24) is 10.6 Å². The summed E-state index contributed by atoms with van der Waals surface area (Å²) in [6.07, 6.45) is -1.03. The summed E-state index contributed by atoms with van der Waals surface area (Å²) < 4.78 is 60.1. The van der Waals surface area contributed by atoms with E-state index in [-0.39, 0.29) is 59.6 Å². The van der Waals surface area contributed by atoms with Crippen LogP contribution >= 0.6 is 23.2 Å². The molecule has 0 bridgehead atoms. The molecule has 1 heterocycles. The number of halogens is 4. The second kappa shape index (κ2) is 13.4. The number of nitrogens with zero attached hydrogens (tertiary/aromatic N) is 1. The molecule has 10 nitrogen and oxygen atoms in total. The summed E-state index contributed by atoms with van der Waals surface area (Å²) in [6.45, 7) is 3.26. The smallest absolute Gasteiger partial charge is 0.332 e. The number of hydrogen-bond donors (Lipinski definition) is 2. The molecule has 3 amide bonds. The van der Waals surface area contributed by atoms with E-state index in [4.69, 9.17) is 32.7 Å². The van der Waals surface area contributed by atoms with Crippen LogP contribution in [0.15, 0.2) is 77.8 Å². The highest BCUT2D eigenvalue weighted by Gasteiger charge is 2.35. The molecule has 3 aromatic carbocycles. The molecular formula is C28H23Cl2F2N3O7S. The van der Waals surface area contributed by atoms with Gasteiger partial charge in [0.2, 0.25) is 0 Å². The normalized spacial score (nSPS) is 14.2. The van der Waals surface area contributed by atoms with E-state index in [1.165, 1.54) is 35.2 Å². The van der Waals surface area contributed by atoms with Crippen molar-refractivity contribution in [2.24, 2.45) is 0 Å². The Morgan fingerprint density at radius 2 is 1.79 bits per heavy atom. The Bertz CT molecular complexity index is 1690. The van der Waals surface area contributed by atoms with E-state index in [0.717, 1.165) is 30.3 Å². The summed E-state index contributed by atoms with van der Waals surface area (Å²) in [6, 6.07) is 12.5. The lowest BCUT2D eigenvalue weighted by molar-refractivity contribution is -0.127. The third-order valence-electron chi connectivity index (χ3n) is 6.06. The number of fused-ring (bicyclic) bond motifs is 1. The fourth-order valence-electron chi connectivity index (χ4n) is 3.94. The van der Waals surface area contributed by atoms with E-state index in [9.17, 15) is 31.1 Å². The first-order valence-electron chi connectivity index (χ1n) is 12.5. The van der Waals surface area contributed by atoms with Crippen LogP contribution in [-0.4, -0.2) is 51.9 Å². The third-order valence-corrected chi connectivity index (χ3v) is 7.44. The zero-order valence-corrected chi connectivity index (χ0v) is 24.4. The van der Waals surface area contributed by atoms with Gasteiger partial charge in [-0.05, 0) is 54.6 Å². The average Bonchev–Trinajstić information content (AvgIpc) is 2.96. The number of hydrogen-bond acceptors (Lipinski definition) is 7. The zero-order valence-electron chi connectivity index (χ0n) is 22.1. The topological polar surface area (TPSA) is 131 Å². The van der Waals surface area contributed by atoms with Crippen LogP contribution in [0.4, 0.5) is 14.0 Å². The molecule has 0 saturated heterocycles. The van der Waals surface area contributed by atoms with E-state index >= 15 is 0 Å². The molecule has 226 valence electrons. The third kappa shape index (κ3) is 8.21. The monoisotopic (exact) mass is 653 g/mol. The van der Waals surface area contributed by atoms with E-state index < -0.39 is 44.8 Å². The maximum Gasteiger partial charge on any atom is 0.332 e. The molecule has 1 aliphatic heterocycles. The van der Waals surface area contributed by atoms with Crippen LogP contribution in [0.1, 0.15) is 16.8 Å². The first kappa shape index (κ1) is 31.7. The molecule has 0 radical (unpaired) electrons. The predicted molar refractivity (Wildman–Crippen MR) is 154 cm³/mol. The van der Waals surface area contributed by atoms with Crippen LogP contribution in [0, 0.1) is 5.82 Å².